The quantitative estimate of drug-likeness (QED) is 0.494. The van der Waals surface area contributed by atoms with Crippen molar-refractivity contribution in [2.45, 2.75) is 13.1 Å². The molecule has 146 valence electrons. The Morgan fingerprint density at radius 1 is 1.07 bits per heavy atom. The zero-order valence-corrected chi connectivity index (χ0v) is 16.8. The second kappa shape index (κ2) is 8.28. The number of benzene rings is 2. The molecule has 0 aliphatic rings. The Balaban J connectivity index is 1.49. The molecule has 0 fully saturated rings. The first-order chi connectivity index (χ1) is 14.1. The molecule has 0 spiro atoms. The van der Waals surface area contributed by atoms with Crippen LogP contribution in [-0.2, 0) is 13.1 Å². The number of hydrogen-bond donors (Lipinski definition) is 1. The average molecular weight is 404 g/mol. The van der Waals surface area contributed by atoms with Crippen molar-refractivity contribution in [2.75, 3.05) is 7.05 Å². The first-order valence-corrected chi connectivity index (χ1v) is 9.69. The second-order valence-electron chi connectivity index (χ2n) is 6.84. The van der Waals surface area contributed by atoms with Crippen LogP contribution in [0.3, 0.4) is 0 Å². The van der Waals surface area contributed by atoms with Gasteiger partial charge in [0, 0.05) is 37.2 Å². The molecule has 7 heteroatoms. The van der Waals surface area contributed by atoms with Gasteiger partial charge in [0.1, 0.15) is 5.69 Å². The van der Waals surface area contributed by atoms with Crippen LogP contribution in [0.5, 0.6) is 0 Å². The Kier molecular flexibility index (Phi) is 5.39. The van der Waals surface area contributed by atoms with Gasteiger partial charge in [0.25, 0.3) is 5.91 Å². The molecule has 0 saturated carbocycles. The van der Waals surface area contributed by atoms with E-state index in [1.807, 2.05) is 59.4 Å². The van der Waals surface area contributed by atoms with Crippen LogP contribution >= 0.6 is 12.2 Å². The SMILES string of the molecule is CN(Cc1cnn(Cc2ccccc2)c1)C(=O)c1c[nH]c(=S)n1-c1ccccc1. The minimum atomic E-state index is -0.114. The molecule has 2 heterocycles. The van der Waals surface area contributed by atoms with E-state index in [1.54, 1.807) is 28.9 Å². The molecule has 2 aromatic carbocycles. The monoisotopic (exact) mass is 403 g/mol. The lowest BCUT2D eigenvalue weighted by molar-refractivity contribution is 0.0777. The molecule has 0 aliphatic carbocycles. The Hall–Kier alpha value is -3.45. The summed E-state index contributed by atoms with van der Waals surface area (Å²) in [6.45, 7) is 1.16. The number of hydrogen-bond acceptors (Lipinski definition) is 3. The zero-order valence-electron chi connectivity index (χ0n) is 16.0. The van der Waals surface area contributed by atoms with Crippen molar-refractivity contribution < 1.29 is 4.79 Å². The summed E-state index contributed by atoms with van der Waals surface area (Å²) in [7, 11) is 1.78. The maximum atomic E-state index is 13.1. The molecule has 0 atom stereocenters. The Labute approximate surface area is 174 Å². The summed E-state index contributed by atoms with van der Waals surface area (Å²) in [5.41, 5.74) is 3.50. The lowest BCUT2D eigenvalue weighted by Crippen LogP contribution is -2.28. The summed E-state index contributed by atoms with van der Waals surface area (Å²) in [5.74, 6) is -0.114. The van der Waals surface area contributed by atoms with Gasteiger partial charge in [-0.15, -0.1) is 0 Å². The van der Waals surface area contributed by atoms with Gasteiger partial charge in [-0.25, -0.2) is 0 Å². The number of carbonyl (C=O) groups excluding carboxylic acids is 1. The molecule has 6 nitrogen and oxygen atoms in total. The van der Waals surface area contributed by atoms with Crippen molar-refractivity contribution in [3.63, 3.8) is 0 Å². The molecule has 29 heavy (non-hydrogen) atoms. The third-order valence-corrected chi connectivity index (χ3v) is 4.95. The van der Waals surface area contributed by atoms with E-state index in [0.29, 0.717) is 23.6 Å². The maximum absolute atomic E-state index is 13.1. The highest BCUT2D eigenvalue weighted by atomic mass is 32.1. The number of nitrogens with one attached hydrogen (secondary N) is 1. The van der Waals surface area contributed by atoms with E-state index in [1.165, 1.54) is 5.56 Å². The predicted octanol–water partition coefficient (Wildman–Crippen LogP) is 4.05. The fourth-order valence-corrected chi connectivity index (χ4v) is 3.51. The molecule has 4 rings (SSSR count). The van der Waals surface area contributed by atoms with Crippen molar-refractivity contribution in [2.24, 2.45) is 0 Å². The zero-order chi connectivity index (χ0) is 20.2. The van der Waals surface area contributed by atoms with Gasteiger partial charge in [0.05, 0.1) is 12.7 Å². The number of aromatic nitrogens is 4. The normalized spacial score (nSPS) is 10.8. The van der Waals surface area contributed by atoms with Crippen LogP contribution in [0.2, 0.25) is 0 Å². The van der Waals surface area contributed by atoms with E-state index in [-0.39, 0.29) is 5.91 Å². The van der Waals surface area contributed by atoms with Crippen LogP contribution < -0.4 is 0 Å². The fraction of sp³-hybridized carbons (Fsp3) is 0.136. The highest BCUT2D eigenvalue weighted by molar-refractivity contribution is 7.71. The highest BCUT2D eigenvalue weighted by Gasteiger charge is 2.19. The van der Waals surface area contributed by atoms with Crippen LogP contribution in [0.25, 0.3) is 5.69 Å². The second-order valence-corrected chi connectivity index (χ2v) is 7.23. The first kappa shape index (κ1) is 18.9. The number of amides is 1. The van der Waals surface area contributed by atoms with Gasteiger partial charge in [-0.2, -0.15) is 5.10 Å². The molecule has 0 radical (unpaired) electrons. The van der Waals surface area contributed by atoms with E-state index in [2.05, 4.69) is 22.2 Å². The summed E-state index contributed by atoms with van der Waals surface area (Å²) in [6.07, 6.45) is 5.43. The Morgan fingerprint density at radius 2 is 1.76 bits per heavy atom. The lowest BCUT2D eigenvalue weighted by Gasteiger charge is -2.17. The smallest absolute Gasteiger partial charge is 0.272 e. The van der Waals surface area contributed by atoms with Crippen LogP contribution in [-0.4, -0.2) is 37.2 Å². The Morgan fingerprint density at radius 3 is 2.48 bits per heavy atom. The average Bonchev–Trinajstić information content (AvgIpc) is 3.35. The molecule has 1 amide bonds. The highest BCUT2D eigenvalue weighted by Crippen LogP contribution is 2.15. The van der Waals surface area contributed by atoms with Gasteiger partial charge in [-0.1, -0.05) is 48.5 Å². The Bertz CT molecular complexity index is 1160. The molecular weight excluding hydrogens is 382 g/mol. The van der Waals surface area contributed by atoms with Gasteiger partial charge in [-0.3, -0.25) is 14.0 Å². The van der Waals surface area contributed by atoms with E-state index in [0.717, 1.165) is 11.3 Å². The predicted molar refractivity (Wildman–Crippen MR) is 115 cm³/mol. The lowest BCUT2D eigenvalue weighted by atomic mass is 10.2. The number of imidazole rings is 1. The number of para-hydroxylation sites is 1. The number of carbonyl (C=O) groups is 1. The molecule has 0 bridgehead atoms. The maximum Gasteiger partial charge on any atom is 0.272 e. The standard InChI is InChI=1S/C22H21N5OS/c1-25(14-18-12-24-26(16-18)15-17-8-4-2-5-9-17)21(28)20-13-23-22(29)27(20)19-10-6-3-7-11-19/h2-13,16H,14-15H2,1H3,(H,23,29). The number of nitrogens with zero attached hydrogens (tertiary/aromatic N) is 4. The molecule has 0 unspecified atom stereocenters. The third kappa shape index (κ3) is 4.20. The molecule has 4 aromatic rings. The topological polar surface area (TPSA) is 58.9 Å². The van der Waals surface area contributed by atoms with E-state index in [9.17, 15) is 4.79 Å². The number of aromatic amines is 1. The van der Waals surface area contributed by atoms with Gasteiger partial charge < -0.3 is 9.88 Å². The van der Waals surface area contributed by atoms with E-state index in [4.69, 9.17) is 12.2 Å². The van der Waals surface area contributed by atoms with Crippen LogP contribution in [0.1, 0.15) is 21.6 Å². The third-order valence-electron chi connectivity index (χ3n) is 4.65. The molecule has 0 aliphatic heterocycles. The van der Waals surface area contributed by atoms with Gasteiger partial charge in [-0.05, 0) is 29.9 Å². The summed E-state index contributed by atoms with van der Waals surface area (Å²) >= 11 is 5.38. The van der Waals surface area contributed by atoms with Crippen LogP contribution in [0.15, 0.2) is 79.3 Å². The fourth-order valence-electron chi connectivity index (χ4n) is 3.25. The molecule has 0 saturated heterocycles. The summed E-state index contributed by atoms with van der Waals surface area (Å²) in [6, 6.07) is 19.8. The van der Waals surface area contributed by atoms with E-state index >= 15 is 0 Å². The van der Waals surface area contributed by atoms with Gasteiger partial charge in [0.2, 0.25) is 0 Å². The minimum Gasteiger partial charge on any atom is -0.336 e. The van der Waals surface area contributed by atoms with Crippen LogP contribution in [0.4, 0.5) is 0 Å². The largest absolute Gasteiger partial charge is 0.336 e. The van der Waals surface area contributed by atoms with Crippen molar-refractivity contribution in [3.8, 4) is 5.69 Å². The summed E-state index contributed by atoms with van der Waals surface area (Å²) in [4.78, 5) is 17.7. The van der Waals surface area contributed by atoms with E-state index < -0.39 is 0 Å². The van der Waals surface area contributed by atoms with Crippen LogP contribution in [0, 0.1) is 4.77 Å². The molecular formula is C22H21N5OS. The van der Waals surface area contributed by atoms with Gasteiger partial charge in [0.15, 0.2) is 4.77 Å². The van der Waals surface area contributed by atoms with Crippen molar-refractivity contribution in [1.29, 1.82) is 0 Å². The molecule has 2 aromatic heterocycles. The number of rotatable bonds is 6. The number of H-pyrrole nitrogens is 1. The molecule has 1 N–H and O–H groups in total. The first-order valence-electron chi connectivity index (χ1n) is 9.28. The summed E-state index contributed by atoms with van der Waals surface area (Å²) < 4.78 is 4.13. The van der Waals surface area contributed by atoms with Crippen molar-refractivity contribution in [1.82, 2.24) is 24.2 Å². The van der Waals surface area contributed by atoms with Crippen molar-refractivity contribution >= 4 is 18.1 Å². The van der Waals surface area contributed by atoms with Crippen molar-refractivity contribution in [3.05, 3.63) is 101 Å². The summed E-state index contributed by atoms with van der Waals surface area (Å²) in [5, 5.41) is 4.42. The van der Waals surface area contributed by atoms with Gasteiger partial charge >= 0.3 is 0 Å². The minimum absolute atomic E-state index is 0.114.